The van der Waals surface area contributed by atoms with Crippen LogP contribution in [0.3, 0.4) is 0 Å². The minimum absolute atomic E-state index is 0.359. The van der Waals surface area contributed by atoms with Crippen molar-refractivity contribution in [3.8, 4) is 11.5 Å². The van der Waals surface area contributed by atoms with Gasteiger partial charge in [-0.15, -0.1) is 0 Å². The lowest BCUT2D eigenvalue weighted by atomic mass is 9.96. The van der Waals surface area contributed by atoms with Crippen LogP contribution in [0.2, 0.25) is 0 Å². The fourth-order valence-electron chi connectivity index (χ4n) is 1.73. The maximum atomic E-state index is 10.8. The number of ether oxygens (including phenoxy) is 2. The molecule has 0 saturated carbocycles. The summed E-state index contributed by atoms with van der Waals surface area (Å²) in [5.41, 5.74) is 6.80. The Morgan fingerprint density at radius 2 is 2.06 bits per heavy atom. The van der Waals surface area contributed by atoms with Crippen molar-refractivity contribution in [2.45, 2.75) is 19.4 Å². The zero-order valence-electron chi connectivity index (χ0n) is 10.8. The molecule has 0 spiro atoms. The molecule has 1 rings (SSSR count). The van der Waals surface area contributed by atoms with Gasteiger partial charge in [-0.3, -0.25) is 4.79 Å². The van der Waals surface area contributed by atoms with Crippen LogP contribution >= 0.6 is 0 Å². The van der Waals surface area contributed by atoms with Crippen molar-refractivity contribution in [1.29, 1.82) is 0 Å². The van der Waals surface area contributed by atoms with Gasteiger partial charge < -0.3 is 20.3 Å². The van der Waals surface area contributed by atoms with Gasteiger partial charge in [-0.25, -0.2) is 0 Å². The topological polar surface area (TPSA) is 81.8 Å². The van der Waals surface area contributed by atoms with E-state index in [1.807, 2.05) is 0 Å². The number of carboxylic acid groups (broad SMARTS) is 1. The van der Waals surface area contributed by atoms with Gasteiger partial charge in [0, 0.05) is 17.7 Å². The molecule has 1 aromatic carbocycles. The summed E-state index contributed by atoms with van der Waals surface area (Å²) in [7, 11) is 3.12. The van der Waals surface area contributed by atoms with E-state index >= 15 is 0 Å². The van der Waals surface area contributed by atoms with Crippen LogP contribution in [-0.4, -0.2) is 25.3 Å². The monoisotopic (exact) mass is 253 g/mol. The highest BCUT2D eigenvalue weighted by atomic mass is 16.5. The highest BCUT2D eigenvalue weighted by molar-refractivity contribution is 5.69. The maximum absolute atomic E-state index is 10.8. The predicted molar refractivity (Wildman–Crippen MR) is 67.9 cm³/mol. The number of nitrogens with two attached hydrogens (primary N) is 1. The Hall–Kier alpha value is -1.75. The van der Waals surface area contributed by atoms with Crippen LogP contribution in [0.4, 0.5) is 0 Å². The Labute approximate surface area is 107 Å². The Balaban J connectivity index is 2.91. The van der Waals surface area contributed by atoms with Gasteiger partial charge in [0.15, 0.2) is 0 Å². The lowest BCUT2D eigenvalue weighted by molar-refractivity contribution is -0.141. The molecule has 0 fully saturated rings. The lowest BCUT2D eigenvalue weighted by Gasteiger charge is -2.18. The summed E-state index contributed by atoms with van der Waals surface area (Å²) < 4.78 is 10.3. The first-order valence-electron chi connectivity index (χ1n) is 5.70. The van der Waals surface area contributed by atoms with E-state index < -0.39 is 11.9 Å². The number of hydrogen-bond donors (Lipinski definition) is 2. The summed E-state index contributed by atoms with van der Waals surface area (Å²) in [6, 6.07) is 4.94. The van der Waals surface area contributed by atoms with E-state index in [0.717, 1.165) is 5.56 Å². The van der Waals surface area contributed by atoms with Crippen molar-refractivity contribution in [2.24, 2.45) is 11.7 Å². The third-order valence-electron chi connectivity index (χ3n) is 2.87. The third kappa shape index (κ3) is 3.37. The molecular formula is C13H19NO4. The molecule has 18 heavy (non-hydrogen) atoms. The largest absolute Gasteiger partial charge is 0.497 e. The van der Waals surface area contributed by atoms with E-state index in [9.17, 15) is 4.79 Å². The average Bonchev–Trinajstić information content (AvgIpc) is 2.37. The molecule has 1 aromatic rings. The van der Waals surface area contributed by atoms with Crippen LogP contribution < -0.4 is 15.2 Å². The van der Waals surface area contributed by atoms with Gasteiger partial charge in [0.2, 0.25) is 0 Å². The van der Waals surface area contributed by atoms with Gasteiger partial charge in [-0.1, -0.05) is 13.0 Å². The van der Waals surface area contributed by atoms with Gasteiger partial charge in [-0.05, 0) is 12.5 Å². The minimum atomic E-state index is -0.849. The Kier molecular flexibility index (Phi) is 4.97. The SMILES string of the molecule is COc1ccc(C(N)CC(C)C(=O)O)c(OC)c1. The van der Waals surface area contributed by atoms with Gasteiger partial charge in [-0.2, -0.15) is 0 Å². The molecule has 0 heterocycles. The molecule has 0 aliphatic rings. The van der Waals surface area contributed by atoms with Crippen LogP contribution in [0.5, 0.6) is 11.5 Å². The van der Waals surface area contributed by atoms with E-state index in [1.165, 1.54) is 0 Å². The molecule has 100 valence electrons. The average molecular weight is 253 g/mol. The molecular weight excluding hydrogens is 234 g/mol. The van der Waals surface area contributed by atoms with E-state index in [2.05, 4.69) is 0 Å². The lowest BCUT2D eigenvalue weighted by Crippen LogP contribution is -2.19. The molecule has 2 unspecified atom stereocenters. The second kappa shape index (κ2) is 6.26. The highest BCUT2D eigenvalue weighted by Gasteiger charge is 2.19. The highest BCUT2D eigenvalue weighted by Crippen LogP contribution is 2.31. The second-order valence-electron chi connectivity index (χ2n) is 4.19. The zero-order valence-corrected chi connectivity index (χ0v) is 10.8. The van der Waals surface area contributed by atoms with Crippen LogP contribution in [-0.2, 0) is 4.79 Å². The van der Waals surface area contributed by atoms with Crippen LogP contribution in [0, 0.1) is 5.92 Å². The van der Waals surface area contributed by atoms with E-state index in [1.54, 1.807) is 39.3 Å². The fraction of sp³-hybridized carbons (Fsp3) is 0.462. The predicted octanol–water partition coefficient (Wildman–Crippen LogP) is 1.81. The summed E-state index contributed by atoms with van der Waals surface area (Å²) >= 11 is 0. The first kappa shape index (κ1) is 14.3. The number of hydrogen-bond acceptors (Lipinski definition) is 4. The molecule has 0 bridgehead atoms. The maximum Gasteiger partial charge on any atom is 0.306 e. The molecule has 0 aliphatic carbocycles. The number of carboxylic acids is 1. The quantitative estimate of drug-likeness (QED) is 0.808. The van der Waals surface area contributed by atoms with Crippen LogP contribution in [0.1, 0.15) is 24.9 Å². The van der Waals surface area contributed by atoms with Crippen LogP contribution in [0.15, 0.2) is 18.2 Å². The number of methoxy groups -OCH3 is 2. The first-order valence-corrected chi connectivity index (χ1v) is 5.70. The molecule has 2 atom stereocenters. The van der Waals surface area contributed by atoms with Crippen LogP contribution in [0.25, 0.3) is 0 Å². The van der Waals surface area contributed by atoms with Gasteiger partial charge in [0.05, 0.1) is 20.1 Å². The standard InChI is InChI=1S/C13H19NO4/c1-8(13(15)16)6-11(14)10-5-4-9(17-2)7-12(10)18-3/h4-5,7-8,11H,6,14H2,1-3H3,(H,15,16). The van der Waals surface area contributed by atoms with E-state index in [4.69, 9.17) is 20.3 Å². The van der Waals surface area contributed by atoms with Gasteiger partial charge in [0.25, 0.3) is 0 Å². The molecule has 0 aromatic heterocycles. The Bertz CT molecular complexity index is 419. The molecule has 0 saturated heterocycles. The van der Waals surface area contributed by atoms with Crippen molar-refractivity contribution in [3.05, 3.63) is 23.8 Å². The van der Waals surface area contributed by atoms with Crippen molar-refractivity contribution in [1.82, 2.24) is 0 Å². The minimum Gasteiger partial charge on any atom is -0.497 e. The molecule has 5 nitrogen and oxygen atoms in total. The van der Waals surface area contributed by atoms with Crippen molar-refractivity contribution < 1.29 is 19.4 Å². The molecule has 5 heteroatoms. The van der Waals surface area contributed by atoms with Crippen molar-refractivity contribution in [3.63, 3.8) is 0 Å². The van der Waals surface area contributed by atoms with Crippen molar-refractivity contribution >= 4 is 5.97 Å². The fourth-order valence-corrected chi connectivity index (χ4v) is 1.73. The number of carbonyl (C=O) groups is 1. The Morgan fingerprint density at radius 1 is 1.39 bits per heavy atom. The van der Waals surface area contributed by atoms with Crippen molar-refractivity contribution in [2.75, 3.05) is 14.2 Å². The summed E-state index contributed by atoms with van der Waals surface area (Å²) in [5, 5.41) is 8.88. The molecule has 0 amide bonds. The number of rotatable bonds is 6. The van der Waals surface area contributed by atoms with Gasteiger partial charge in [0.1, 0.15) is 11.5 Å². The zero-order chi connectivity index (χ0) is 13.7. The smallest absolute Gasteiger partial charge is 0.306 e. The second-order valence-corrected chi connectivity index (χ2v) is 4.19. The Morgan fingerprint density at radius 3 is 2.56 bits per heavy atom. The molecule has 3 N–H and O–H groups in total. The summed E-state index contributed by atoms with van der Waals surface area (Å²) in [4.78, 5) is 10.8. The van der Waals surface area contributed by atoms with E-state index in [-0.39, 0.29) is 6.04 Å². The number of benzene rings is 1. The third-order valence-corrected chi connectivity index (χ3v) is 2.87. The van der Waals surface area contributed by atoms with E-state index in [0.29, 0.717) is 17.9 Å². The summed E-state index contributed by atoms with van der Waals surface area (Å²) in [5.74, 6) is -0.0572. The molecule has 0 aliphatic heterocycles. The van der Waals surface area contributed by atoms with Gasteiger partial charge >= 0.3 is 5.97 Å². The molecule has 0 radical (unpaired) electrons. The summed E-state index contributed by atoms with van der Waals surface area (Å²) in [6.45, 7) is 1.64. The number of aliphatic carboxylic acids is 1. The summed E-state index contributed by atoms with van der Waals surface area (Å²) in [6.07, 6.45) is 0.359. The normalized spacial score (nSPS) is 13.8. The first-order chi connectivity index (χ1) is 8.49.